The number of likely N-dealkylation sites (tertiary alicyclic amines) is 1. The fraction of sp³-hybridized carbons (Fsp3) is 0.640. The number of carbonyl (C=O) groups excluding carboxylic acids is 3. The number of imide groups is 1. The zero-order chi connectivity index (χ0) is 24.3. The van der Waals surface area contributed by atoms with Crippen molar-refractivity contribution < 1.29 is 28.6 Å². The topological polar surface area (TPSA) is 97.4 Å². The van der Waals surface area contributed by atoms with E-state index in [-0.39, 0.29) is 29.9 Å². The van der Waals surface area contributed by atoms with Crippen molar-refractivity contribution in [3.63, 3.8) is 0 Å². The van der Waals surface area contributed by atoms with E-state index in [2.05, 4.69) is 5.32 Å². The minimum absolute atomic E-state index is 0.0327. The van der Waals surface area contributed by atoms with E-state index in [1.165, 1.54) is 12.0 Å². The van der Waals surface area contributed by atoms with Crippen molar-refractivity contribution in [2.75, 3.05) is 40.5 Å². The van der Waals surface area contributed by atoms with Crippen LogP contribution in [-0.2, 0) is 9.53 Å². The van der Waals surface area contributed by atoms with Gasteiger partial charge in [0.15, 0.2) is 11.5 Å². The maximum absolute atomic E-state index is 13.6. The van der Waals surface area contributed by atoms with Gasteiger partial charge in [-0.2, -0.15) is 0 Å². The molecular weight excluding hydrogens is 438 g/mol. The first kappa shape index (κ1) is 24.3. The first-order chi connectivity index (χ1) is 16.4. The van der Waals surface area contributed by atoms with E-state index in [1.54, 1.807) is 30.2 Å². The van der Waals surface area contributed by atoms with Crippen LogP contribution in [0.5, 0.6) is 11.5 Å². The number of methoxy groups -OCH3 is 2. The summed E-state index contributed by atoms with van der Waals surface area (Å²) in [5.41, 5.74) is -0.454. The van der Waals surface area contributed by atoms with Gasteiger partial charge in [0.1, 0.15) is 5.54 Å². The third-order valence-corrected chi connectivity index (χ3v) is 7.37. The summed E-state index contributed by atoms with van der Waals surface area (Å²) >= 11 is 0. The van der Waals surface area contributed by atoms with Crippen LogP contribution in [0.2, 0.25) is 0 Å². The quantitative estimate of drug-likeness (QED) is 0.583. The second kappa shape index (κ2) is 10.2. The Labute approximate surface area is 200 Å². The largest absolute Gasteiger partial charge is 0.493 e. The van der Waals surface area contributed by atoms with Gasteiger partial charge in [0.2, 0.25) is 0 Å². The van der Waals surface area contributed by atoms with Gasteiger partial charge >= 0.3 is 6.03 Å². The highest BCUT2D eigenvalue weighted by Crippen LogP contribution is 2.38. The molecular formula is C25H35N3O6. The van der Waals surface area contributed by atoms with Gasteiger partial charge < -0.3 is 24.4 Å². The van der Waals surface area contributed by atoms with Crippen LogP contribution in [0.25, 0.3) is 0 Å². The van der Waals surface area contributed by atoms with Crippen molar-refractivity contribution in [2.45, 2.75) is 57.1 Å². The lowest BCUT2D eigenvalue weighted by Crippen LogP contribution is -2.56. The van der Waals surface area contributed by atoms with E-state index >= 15 is 0 Å². The number of ether oxygens (including phenoxy) is 3. The number of urea groups is 1. The van der Waals surface area contributed by atoms with Crippen LogP contribution in [0.3, 0.4) is 0 Å². The number of hydrogen-bond acceptors (Lipinski definition) is 6. The molecule has 4 amide bonds. The number of piperidine rings is 1. The molecule has 0 aliphatic carbocycles. The minimum Gasteiger partial charge on any atom is -0.493 e. The van der Waals surface area contributed by atoms with Gasteiger partial charge in [-0.1, -0.05) is 19.4 Å². The molecule has 0 radical (unpaired) electrons. The molecule has 0 bridgehead atoms. The maximum atomic E-state index is 13.6. The lowest BCUT2D eigenvalue weighted by atomic mass is 9.74. The van der Waals surface area contributed by atoms with Crippen molar-refractivity contribution in [3.8, 4) is 11.5 Å². The van der Waals surface area contributed by atoms with E-state index in [0.29, 0.717) is 62.6 Å². The van der Waals surface area contributed by atoms with Crippen LogP contribution in [0.15, 0.2) is 18.2 Å². The molecule has 1 aromatic carbocycles. The molecule has 0 aromatic heterocycles. The number of nitrogens with zero attached hydrogens (tertiary/aromatic N) is 2. The molecule has 34 heavy (non-hydrogen) atoms. The maximum Gasteiger partial charge on any atom is 0.325 e. The molecule has 1 N–H and O–H groups in total. The highest BCUT2D eigenvalue weighted by Gasteiger charge is 2.55. The van der Waals surface area contributed by atoms with Crippen molar-refractivity contribution in [1.29, 1.82) is 0 Å². The number of amides is 4. The monoisotopic (exact) mass is 473 g/mol. The van der Waals surface area contributed by atoms with Crippen LogP contribution >= 0.6 is 0 Å². The summed E-state index contributed by atoms with van der Waals surface area (Å²) in [6.45, 7) is 4.02. The lowest BCUT2D eigenvalue weighted by molar-refractivity contribution is -0.135. The number of para-hydroxylation sites is 1. The lowest BCUT2D eigenvalue weighted by Gasteiger charge is -2.41. The van der Waals surface area contributed by atoms with Gasteiger partial charge in [-0.15, -0.1) is 0 Å². The highest BCUT2D eigenvalue weighted by atomic mass is 16.5. The third-order valence-electron chi connectivity index (χ3n) is 7.37. The second-order valence-corrected chi connectivity index (χ2v) is 9.31. The molecule has 0 saturated carbocycles. The normalized spacial score (nSPS) is 25.6. The average molecular weight is 474 g/mol. The molecule has 9 nitrogen and oxygen atoms in total. The molecule has 0 unspecified atom stereocenters. The van der Waals surface area contributed by atoms with Crippen molar-refractivity contribution >= 4 is 17.8 Å². The van der Waals surface area contributed by atoms with Crippen molar-refractivity contribution in [1.82, 2.24) is 15.1 Å². The van der Waals surface area contributed by atoms with Crippen LogP contribution in [-0.4, -0.2) is 79.7 Å². The summed E-state index contributed by atoms with van der Waals surface area (Å²) in [4.78, 5) is 42.8. The first-order valence-electron chi connectivity index (χ1n) is 12.2. The van der Waals surface area contributed by atoms with Gasteiger partial charge in [0.05, 0.1) is 32.4 Å². The highest BCUT2D eigenvalue weighted by molar-refractivity contribution is 6.07. The fourth-order valence-electron chi connectivity index (χ4n) is 5.65. The average Bonchev–Trinajstić information content (AvgIpc) is 3.46. The summed E-state index contributed by atoms with van der Waals surface area (Å²) in [6, 6.07) is 4.94. The van der Waals surface area contributed by atoms with Crippen LogP contribution in [0.1, 0.15) is 55.8 Å². The number of nitrogens with one attached hydrogen (secondary N) is 1. The SMILES string of the molecule is CCC[C@@]1(C2CCN(C(=O)c3cccc(OC)c3OC)CC2)NC(=O)N(C[C@@H]2CCCO2)C1=O. The number of rotatable bonds is 8. The van der Waals surface area contributed by atoms with Gasteiger partial charge in [0, 0.05) is 19.7 Å². The summed E-state index contributed by atoms with van der Waals surface area (Å²) in [6.07, 6.45) is 4.38. The second-order valence-electron chi connectivity index (χ2n) is 9.31. The number of hydrogen-bond donors (Lipinski definition) is 1. The van der Waals surface area contributed by atoms with Gasteiger partial charge in [-0.3, -0.25) is 14.5 Å². The number of carbonyl (C=O) groups is 3. The molecule has 3 fully saturated rings. The van der Waals surface area contributed by atoms with E-state index in [4.69, 9.17) is 14.2 Å². The molecule has 2 atom stereocenters. The molecule has 3 heterocycles. The minimum atomic E-state index is -0.909. The summed E-state index contributed by atoms with van der Waals surface area (Å²) in [7, 11) is 3.06. The Balaban J connectivity index is 1.47. The molecule has 186 valence electrons. The smallest absolute Gasteiger partial charge is 0.325 e. The van der Waals surface area contributed by atoms with E-state index < -0.39 is 5.54 Å². The number of benzene rings is 1. The van der Waals surface area contributed by atoms with E-state index in [9.17, 15) is 14.4 Å². The van der Waals surface area contributed by atoms with Gasteiger partial charge in [-0.05, 0) is 50.2 Å². The first-order valence-corrected chi connectivity index (χ1v) is 12.2. The Kier molecular flexibility index (Phi) is 7.30. The Morgan fingerprint density at radius 2 is 1.94 bits per heavy atom. The van der Waals surface area contributed by atoms with Gasteiger partial charge in [-0.25, -0.2) is 4.79 Å². The molecule has 9 heteroatoms. The zero-order valence-electron chi connectivity index (χ0n) is 20.3. The molecule has 3 aliphatic rings. The summed E-state index contributed by atoms with van der Waals surface area (Å²) < 4.78 is 16.4. The van der Waals surface area contributed by atoms with Crippen LogP contribution < -0.4 is 14.8 Å². The molecule has 4 rings (SSSR count). The van der Waals surface area contributed by atoms with Crippen molar-refractivity contribution in [2.24, 2.45) is 5.92 Å². The summed E-state index contributed by atoms with van der Waals surface area (Å²) in [5, 5.41) is 3.06. The molecule has 1 aromatic rings. The molecule has 3 saturated heterocycles. The Hall–Kier alpha value is -2.81. The van der Waals surface area contributed by atoms with E-state index in [0.717, 1.165) is 19.3 Å². The van der Waals surface area contributed by atoms with E-state index in [1.807, 2.05) is 6.92 Å². The Bertz CT molecular complexity index is 923. The van der Waals surface area contributed by atoms with Crippen LogP contribution in [0, 0.1) is 5.92 Å². The predicted molar refractivity (Wildman–Crippen MR) is 125 cm³/mol. The van der Waals surface area contributed by atoms with Crippen molar-refractivity contribution in [3.05, 3.63) is 23.8 Å². The zero-order valence-corrected chi connectivity index (χ0v) is 20.3. The Morgan fingerprint density at radius 3 is 2.56 bits per heavy atom. The standard InChI is InChI=1S/C25H35N3O6/c1-4-12-25(23(30)28(24(31)26-25)16-18-7-6-15-34-18)17-10-13-27(14-11-17)22(29)19-8-5-9-20(32-2)21(19)33-3/h5,8-9,17-18H,4,6-7,10-16H2,1-3H3,(H,26,31)/t18-,25-/m0/s1. The third kappa shape index (κ3) is 4.33. The van der Waals surface area contributed by atoms with Crippen LogP contribution in [0.4, 0.5) is 4.79 Å². The predicted octanol–water partition coefficient (Wildman–Crippen LogP) is 2.83. The fourth-order valence-corrected chi connectivity index (χ4v) is 5.65. The summed E-state index contributed by atoms with van der Waals surface area (Å²) in [5.74, 6) is 0.627. The molecule has 3 aliphatic heterocycles. The Morgan fingerprint density at radius 1 is 1.18 bits per heavy atom. The van der Waals surface area contributed by atoms with Gasteiger partial charge in [0.25, 0.3) is 11.8 Å². The molecule has 0 spiro atoms.